The van der Waals surface area contributed by atoms with Crippen LogP contribution in [0.25, 0.3) is 0 Å². The summed E-state index contributed by atoms with van der Waals surface area (Å²) in [6.45, 7) is 10.2. The highest BCUT2D eigenvalue weighted by Crippen LogP contribution is 2.29. The average Bonchev–Trinajstić information content (AvgIpc) is 2.39. The van der Waals surface area contributed by atoms with Gasteiger partial charge >= 0.3 is 0 Å². The Labute approximate surface area is 111 Å². The highest BCUT2D eigenvalue weighted by molar-refractivity contribution is 5.83. The van der Waals surface area contributed by atoms with E-state index in [0.29, 0.717) is 12.6 Å². The first kappa shape index (κ1) is 15.4. The van der Waals surface area contributed by atoms with Crippen molar-refractivity contribution in [1.82, 2.24) is 9.80 Å². The Balaban J connectivity index is 3.04. The lowest BCUT2D eigenvalue weighted by Crippen LogP contribution is -2.55. The first-order chi connectivity index (χ1) is 8.35. The molecule has 1 aliphatic rings. The Hall–Kier alpha value is -0.610. The minimum atomic E-state index is -0.0654. The van der Waals surface area contributed by atoms with Gasteiger partial charge in [-0.1, -0.05) is 6.92 Å². The molecule has 0 aromatic rings. The largest absolute Gasteiger partial charge is 0.333 e. The standard InChI is InChI=1S/C14H29N3O/c1-6-11(2)17-13(18)12(7-9-15)16(5)10-8-14(17,3)4/h11-12H,6-10,15H2,1-5H3. The third-order valence-corrected chi connectivity index (χ3v) is 4.25. The van der Waals surface area contributed by atoms with Crippen molar-refractivity contribution in [2.75, 3.05) is 20.1 Å². The molecule has 0 bridgehead atoms. The number of hydrogen-bond donors (Lipinski definition) is 1. The summed E-state index contributed by atoms with van der Waals surface area (Å²) in [7, 11) is 2.04. The normalized spacial score (nSPS) is 27.1. The zero-order chi connectivity index (χ0) is 13.9. The maximum atomic E-state index is 12.8. The Morgan fingerprint density at radius 1 is 1.50 bits per heavy atom. The fourth-order valence-electron chi connectivity index (χ4n) is 2.87. The molecule has 0 aromatic heterocycles. The topological polar surface area (TPSA) is 49.6 Å². The third-order valence-electron chi connectivity index (χ3n) is 4.25. The number of rotatable bonds is 4. The van der Waals surface area contributed by atoms with Crippen molar-refractivity contribution in [1.29, 1.82) is 0 Å². The van der Waals surface area contributed by atoms with E-state index in [-0.39, 0.29) is 17.5 Å². The minimum Gasteiger partial charge on any atom is -0.333 e. The average molecular weight is 255 g/mol. The summed E-state index contributed by atoms with van der Waals surface area (Å²) >= 11 is 0. The van der Waals surface area contributed by atoms with Gasteiger partial charge in [0.15, 0.2) is 0 Å². The Bertz CT molecular complexity index is 291. The number of likely N-dealkylation sites (N-methyl/N-ethyl adjacent to an activating group) is 1. The fraction of sp³-hybridized carbons (Fsp3) is 0.929. The summed E-state index contributed by atoms with van der Waals surface area (Å²) in [5, 5.41) is 0. The van der Waals surface area contributed by atoms with Crippen molar-refractivity contribution < 1.29 is 4.79 Å². The smallest absolute Gasteiger partial charge is 0.240 e. The molecule has 0 aromatic carbocycles. The third kappa shape index (κ3) is 3.04. The number of nitrogens with two attached hydrogens (primary N) is 1. The van der Waals surface area contributed by atoms with Gasteiger partial charge in [-0.3, -0.25) is 9.69 Å². The SMILES string of the molecule is CCC(C)N1C(=O)C(CCN)N(C)CCC1(C)C. The predicted octanol–water partition coefficient (Wildman–Crippen LogP) is 1.45. The lowest BCUT2D eigenvalue weighted by molar-refractivity contribution is -0.142. The molecule has 0 radical (unpaired) electrons. The van der Waals surface area contributed by atoms with Gasteiger partial charge in [-0.2, -0.15) is 0 Å². The molecule has 0 aliphatic carbocycles. The van der Waals surface area contributed by atoms with Gasteiger partial charge in [-0.25, -0.2) is 0 Å². The molecular weight excluding hydrogens is 226 g/mol. The molecular formula is C14H29N3O. The summed E-state index contributed by atoms with van der Waals surface area (Å²) in [5.41, 5.74) is 5.59. The second-order valence-electron chi connectivity index (χ2n) is 6.10. The van der Waals surface area contributed by atoms with E-state index < -0.39 is 0 Å². The molecule has 1 aliphatic heterocycles. The fourth-order valence-corrected chi connectivity index (χ4v) is 2.87. The molecule has 0 saturated carbocycles. The van der Waals surface area contributed by atoms with E-state index in [0.717, 1.165) is 25.8 Å². The Kier molecular flexibility index (Phi) is 5.17. The Morgan fingerprint density at radius 3 is 2.61 bits per heavy atom. The van der Waals surface area contributed by atoms with Gasteiger partial charge in [-0.05, 0) is 53.6 Å². The lowest BCUT2D eigenvalue weighted by Gasteiger charge is -2.42. The molecule has 106 valence electrons. The van der Waals surface area contributed by atoms with Gasteiger partial charge in [0.05, 0.1) is 6.04 Å². The van der Waals surface area contributed by atoms with Gasteiger partial charge in [0.25, 0.3) is 0 Å². The second kappa shape index (κ2) is 6.02. The molecule has 1 heterocycles. The number of carbonyl (C=O) groups excluding carboxylic acids is 1. The van der Waals surface area contributed by atoms with Crippen LogP contribution in [-0.4, -0.2) is 53.5 Å². The summed E-state index contributed by atoms with van der Waals surface area (Å²) < 4.78 is 0. The number of nitrogens with zero attached hydrogens (tertiary/aromatic N) is 2. The van der Waals surface area contributed by atoms with E-state index in [1.807, 2.05) is 7.05 Å². The monoisotopic (exact) mass is 255 g/mol. The van der Waals surface area contributed by atoms with Crippen LogP contribution in [0.5, 0.6) is 0 Å². The van der Waals surface area contributed by atoms with Crippen LogP contribution in [-0.2, 0) is 4.79 Å². The van der Waals surface area contributed by atoms with Crippen LogP contribution in [0.15, 0.2) is 0 Å². The van der Waals surface area contributed by atoms with Crippen LogP contribution >= 0.6 is 0 Å². The van der Waals surface area contributed by atoms with Crippen molar-refractivity contribution in [3.8, 4) is 0 Å². The van der Waals surface area contributed by atoms with Gasteiger partial charge < -0.3 is 10.6 Å². The summed E-state index contributed by atoms with van der Waals surface area (Å²) in [6.07, 6.45) is 2.76. The second-order valence-corrected chi connectivity index (χ2v) is 6.10. The van der Waals surface area contributed by atoms with Crippen LogP contribution in [0, 0.1) is 0 Å². The molecule has 1 amide bonds. The van der Waals surface area contributed by atoms with E-state index >= 15 is 0 Å². The van der Waals surface area contributed by atoms with E-state index in [1.54, 1.807) is 0 Å². The van der Waals surface area contributed by atoms with Crippen molar-refractivity contribution in [3.63, 3.8) is 0 Å². The highest BCUT2D eigenvalue weighted by Gasteiger charge is 2.41. The maximum Gasteiger partial charge on any atom is 0.240 e. The Morgan fingerprint density at radius 2 is 2.11 bits per heavy atom. The summed E-state index contributed by atoms with van der Waals surface area (Å²) in [4.78, 5) is 17.1. The van der Waals surface area contributed by atoms with Gasteiger partial charge in [0, 0.05) is 18.1 Å². The van der Waals surface area contributed by atoms with Crippen molar-refractivity contribution >= 4 is 5.91 Å². The maximum absolute atomic E-state index is 12.8. The zero-order valence-corrected chi connectivity index (χ0v) is 12.6. The minimum absolute atomic E-state index is 0.0502. The molecule has 2 unspecified atom stereocenters. The number of amides is 1. The van der Waals surface area contributed by atoms with Crippen LogP contribution in [0.3, 0.4) is 0 Å². The van der Waals surface area contributed by atoms with Crippen molar-refractivity contribution in [2.24, 2.45) is 5.73 Å². The number of carbonyl (C=O) groups is 1. The molecule has 18 heavy (non-hydrogen) atoms. The van der Waals surface area contributed by atoms with Crippen molar-refractivity contribution in [3.05, 3.63) is 0 Å². The molecule has 1 fully saturated rings. The van der Waals surface area contributed by atoms with Crippen molar-refractivity contribution in [2.45, 2.75) is 64.6 Å². The molecule has 2 N–H and O–H groups in total. The van der Waals surface area contributed by atoms with Crippen LogP contribution in [0.4, 0.5) is 0 Å². The van der Waals surface area contributed by atoms with Gasteiger partial charge in [0.2, 0.25) is 5.91 Å². The van der Waals surface area contributed by atoms with Gasteiger partial charge in [-0.15, -0.1) is 0 Å². The summed E-state index contributed by atoms with van der Waals surface area (Å²) in [5.74, 6) is 0.250. The van der Waals surface area contributed by atoms with Crippen LogP contribution in [0.1, 0.15) is 47.0 Å². The van der Waals surface area contributed by atoms with Crippen LogP contribution < -0.4 is 5.73 Å². The van der Waals surface area contributed by atoms with E-state index in [1.165, 1.54) is 0 Å². The van der Waals surface area contributed by atoms with Crippen LogP contribution in [0.2, 0.25) is 0 Å². The summed E-state index contributed by atoms with van der Waals surface area (Å²) in [6, 6.07) is 0.241. The molecule has 1 rings (SSSR count). The zero-order valence-electron chi connectivity index (χ0n) is 12.6. The predicted molar refractivity (Wildman–Crippen MR) is 75.4 cm³/mol. The molecule has 0 spiro atoms. The quantitative estimate of drug-likeness (QED) is 0.827. The van der Waals surface area contributed by atoms with E-state index in [4.69, 9.17) is 5.73 Å². The first-order valence-electron chi connectivity index (χ1n) is 7.08. The van der Waals surface area contributed by atoms with E-state index in [9.17, 15) is 4.79 Å². The van der Waals surface area contributed by atoms with Gasteiger partial charge in [0.1, 0.15) is 0 Å². The first-order valence-corrected chi connectivity index (χ1v) is 7.08. The molecule has 4 nitrogen and oxygen atoms in total. The van der Waals surface area contributed by atoms with E-state index in [2.05, 4.69) is 37.5 Å². The number of hydrogen-bond acceptors (Lipinski definition) is 3. The molecule has 2 atom stereocenters. The lowest BCUT2D eigenvalue weighted by atomic mass is 9.95. The molecule has 1 saturated heterocycles. The highest BCUT2D eigenvalue weighted by atomic mass is 16.2. The molecule has 4 heteroatoms.